The van der Waals surface area contributed by atoms with Gasteiger partial charge in [-0.05, 0) is 18.1 Å². The molecule has 0 N–H and O–H groups in total. The maximum absolute atomic E-state index is 11.4. The van der Waals surface area contributed by atoms with Crippen LogP contribution in [0.2, 0.25) is 0 Å². The van der Waals surface area contributed by atoms with E-state index in [2.05, 4.69) is 6.92 Å². The molecular weight excluding hydrogens is 280 g/mol. The molecule has 2 unspecified atom stereocenters. The highest BCUT2D eigenvalue weighted by molar-refractivity contribution is 5.67. The Morgan fingerprint density at radius 1 is 1.09 bits per heavy atom. The van der Waals surface area contributed by atoms with Crippen LogP contribution in [0.1, 0.15) is 51.7 Å². The summed E-state index contributed by atoms with van der Waals surface area (Å²) >= 11 is 0. The third-order valence-corrected chi connectivity index (χ3v) is 3.07. The minimum atomic E-state index is -0.638. The summed E-state index contributed by atoms with van der Waals surface area (Å²) in [6.45, 7) is 4.81. The molecule has 1 rings (SSSR count). The summed E-state index contributed by atoms with van der Waals surface area (Å²) in [4.78, 5) is 22.8. The van der Waals surface area contributed by atoms with Crippen LogP contribution in [0.3, 0.4) is 0 Å². The molecule has 0 spiro atoms. The van der Waals surface area contributed by atoms with Crippen LogP contribution in [0.25, 0.3) is 0 Å². The van der Waals surface area contributed by atoms with Crippen LogP contribution in [0.5, 0.6) is 0 Å². The lowest BCUT2D eigenvalue weighted by Crippen LogP contribution is -2.26. The van der Waals surface area contributed by atoms with E-state index >= 15 is 0 Å². The van der Waals surface area contributed by atoms with Gasteiger partial charge in [-0.15, -0.1) is 0 Å². The Kier molecular flexibility index (Phi) is 7.97. The largest absolute Gasteiger partial charge is 0.454 e. The molecule has 0 aromatic heterocycles. The number of hydrogen-bond donors (Lipinski definition) is 0. The minimum absolute atomic E-state index is 0.404. The van der Waals surface area contributed by atoms with E-state index in [1.165, 1.54) is 13.8 Å². The van der Waals surface area contributed by atoms with Gasteiger partial charge in [0.2, 0.25) is 0 Å². The number of rotatable bonds is 8. The third-order valence-electron chi connectivity index (χ3n) is 3.07. The van der Waals surface area contributed by atoms with Gasteiger partial charge in [0, 0.05) is 13.8 Å². The molecule has 0 fully saturated rings. The lowest BCUT2D eigenvalue weighted by molar-refractivity contribution is -0.162. The van der Waals surface area contributed by atoms with E-state index in [0.29, 0.717) is 0 Å². The van der Waals surface area contributed by atoms with Crippen molar-refractivity contribution in [1.29, 1.82) is 0 Å². The highest BCUT2D eigenvalue weighted by Crippen LogP contribution is 2.25. The van der Waals surface area contributed by atoms with Gasteiger partial charge in [-0.25, -0.2) is 0 Å². The van der Waals surface area contributed by atoms with Gasteiger partial charge in [-0.1, -0.05) is 56.2 Å². The Balaban J connectivity index is 2.98. The molecule has 0 aliphatic carbocycles. The molecule has 1 aromatic carbocycles. The Morgan fingerprint density at radius 3 is 2.27 bits per heavy atom. The summed E-state index contributed by atoms with van der Waals surface area (Å²) in [5.41, 5.74) is 0.795. The first-order valence-corrected chi connectivity index (χ1v) is 7.60. The zero-order valence-electron chi connectivity index (χ0n) is 13.5. The fourth-order valence-electron chi connectivity index (χ4n) is 2.09. The van der Waals surface area contributed by atoms with Crippen molar-refractivity contribution in [3.63, 3.8) is 0 Å². The van der Waals surface area contributed by atoms with Crippen LogP contribution in [-0.4, -0.2) is 18.0 Å². The zero-order valence-corrected chi connectivity index (χ0v) is 13.5. The predicted octanol–water partition coefficient (Wildman–Crippen LogP) is 3.97. The molecule has 0 radical (unpaired) electrons. The fraction of sp³-hybridized carbons (Fsp3) is 0.444. The number of esters is 2. The minimum Gasteiger partial charge on any atom is -0.454 e. The Labute approximate surface area is 132 Å². The summed E-state index contributed by atoms with van der Waals surface area (Å²) in [5, 5.41) is 0. The average molecular weight is 304 g/mol. The van der Waals surface area contributed by atoms with Crippen molar-refractivity contribution in [2.75, 3.05) is 0 Å². The fourth-order valence-corrected chi connectivity index (χ4v) is 2.09. The van der Waals surface area contributed by atoms with Gasteiger partial charge in [0.05, 0.1) is 0 Å². The van der Waals surface area contributed by atoms with Crippen LogP contribution >= 0.6 is 0 Å². The van der Waals surface area contributed by atoms with Crippen LogP contribution in [0.4, 0.5) is 0 Å². The molecule has 4 heteroatoms. The quantitative estimate of drug-likeness (QED) is 0.414. The Hall–Kier alpha value is -2.10. The van der Waals surface area contributed by atoms with Gasteiger partial charge in [0.25, 0.3) is 0 Å². The summed E-state index contributed by atoms with van der Waals surface area (Å²) in [5.74, 6) is -0.814. The van der Waals surface area contributed by atoms with Gasteiger partial charge >= 0.3 is 11.9 Å². The van der Waals surface area contributed by atoms with Gasteiger partial charge in [0.15, 0.2) is 12.2 Å². The van der Waals surface area contributed by atoms with Crippen LogP contribution < -0.4 is 0 Å². The third kappa shape index (κ3) is 6.57. The molecule has 0 saturated heterocycles. The molecule has 120 valence electrons. The van der Waals surface area contributed by atoms with E-state index in [0.717, 1.165) is 24.8 Å². The number of ether oxygens (including phenoxy) is 2. The first-order valence-electron chi connectivity index (χ1n) is 7.60. The second-order valence-corrected chi connectivity index (χ2v) is 5.09. The van der Waals surface area contributed by atoms with Crippen molar-refractivity contribution in [2.45, 2.75) is 52.2 Å². The number of allylic oxidation sites excluding steroid dienone is 1. The van der Waals surface area contributed by atoms with Crippen LogP contribution in [0.15, 0.2) is 42.5 Å². The number of unbranched alkanes of at least 4 members (excludes halogenated alkanes) is 2. The zero-order chi connectivity index (χ0) is 16.4. The molecule has 1 aromatic rings. The lowest BCUT2D eigenvalue weighted by atomic mass is 10.0. The topological polar surface area (TPSA) is 52.6 Å². The summed E-state index contributed by atoms with van der Waals surface area (Å²) in [6.07, 6.45) is 5.56. The Morgan fingerprint density at radius 2 is 1.73 bits per heavy atom. The average Bonchev–Trinajstić information content (AvgIpc) is 2.48. The molecule has 0 amide bonds. The predicted molar refractivity (Wildman–Crippen MR) is 85.2 cm³/mol. The van der Waals surface area contributed by atoms with Crippen molar-refractivity contribution in [2.24, 2.45) is 0 Å². The smallest absolute Gasteiger partial charge is 0.303 e. The monoisotopic (exact) mass is 304 g/mol. The maximum atomic E-state index is 11.4. The van der Waals surface area contributed by atoms with E-state index in [1.54, 1.807) is 6.08 Å². The Bertz CT molecular complexity index is 493. The normalized spacial score (nSPS) is 13.6. The van der Waals surface area contributed by atoms with E-state index in [9.17, 15) is 9.59 Å². The highest BCUT2D eigenvalue weighted by atomic mass is 16.6. The summed E-state index contributed by atoms with van der Waals surface area (Å²) in [7, 11) is 0. The van der Waals surface area contributed by atoms with Gasteiger partial charge in [0.1, 0.15) is 0 Å². The SMILES string of the molecule is CCCC/C=C/C(OC(C)=O)C(OC(C)=O)c1ccccc1. The molecule has 0 aliphatic rings. The van der Waals surface area contributed by atoms with Crippen LogP contribution in [-0.2, 0) is 19.1 Å². The number of hydrogen-bond acceptors (Lipinski definition) is 4. The molecule has 4 nitrogen and oxygen atoms in total. The van der Waals surface area contributed by atoms with Crippen molar-refractivity contribution in [3.05, 3.63) is 48.0 Å². The molecule has 0 aliphatic heterocycles. The molecular formula is C18H24O4. The molecule has 0 saturated carbocycles. The van der Waals surface area contributed by atoms with E-state index < -0.39 is 24.1 Å². The maximum Gasteiger partial charge on any atom is 0.303 e. The summed E-state index contributed by atoms with van der Waals surface area (Å²) < 4.78 is 10.7. The lowest BCUT2D eigenvalue weighted by Gasteiger charge is -2.24. The van der Waals surface area contributed by atoms with Crippen molar-refractivity contribution in [3.8, 4) is 0 Å². The van der Waals surface area contributed by atoms with E-state index in [4.69, 9.17) is 9.47 Å². The van der Waals surface area contributed by atoms with Gasteiger partial charge in [-0.2, -0.15) is 0 Å². The van der Waals surface area contributed by atoms with Gasteiger partial charge in [-0.3, -0.25) is 9.59 Å². The molecule has 0 heterocycles. The standard InChI is InChI=1S/C18H24O4/c1-4-5-6-10-13-17(21-14(2)19)18(22-15(3)20)16-11-8-7-9-12-16/h7-13,17-18H,4-6H2,1-3H3/b13-10+. The second-order valence-electron chi connectivity index (χ2n) is 5.09. The first-order chi connectivity index (χ1) is 10.5. The molecule has 2 atom stereocenters. The van der Waals surface area contributed by atoms with Gasteiger partial charge < -0.3 is 9.47 Å². The van der Waals surface area contributed by atoms with Crippen molar-refractivity contribution in [1.82, 2.24) is 0 Å². The first kappa shape index (κ1) is 18.0. The number of carbonyl (C=O) groups excluding carboxylic acids is 2. The van der Waals surface area contributed by atoms with E-state index in [-0.39, 0.29) is 0 Å². The van der Waals surface area contributed by atoms with Crippen molar-refractivity contribution < 1.29 is 19.1 Å². The van der Waals surface area contributed by atoms with Crippen molar-refractivity contribution >= 4 is 11.9 Å². The second kappa shape index (κ2) is 9.77. The highest BCUT2D eigenvalue weighted by Gasteiger charge is 2.26. The number of benzene rings is 1. The molecule has 22 heavy (non-hydrogen) atoms. The summed E-state index contributed by atoms with van der Waals surface area (Å²) in [6, 6.07) is 9.30. The van der Waals surface area contributed by atoms with E-state index in [1.807, 2.05) is 36.4 Å². The number of carbonyl (C=O) groups is 2. The van der Waals surface area contributed by atoms with Crippen LogP contribution in [0, 0.1) is 0 Å². The molecule has 0 bridgehead atoms.